The number of rotatable bonds is 2. The van der Waals surface area contributed by atoms with Crippen molar-refractivity contribution in [3.05, 3.63) is 29.3 Å². The van der Waals surface area contributed by atoms with Gasteiger partial charge in [0, 0.05) is 19.5 Å². The molecule has 2 heterocycles. The predicted molar refractivity (Wildman–Crippen MR) is 73.6 cm³/mol. The molecule has 0 aliphatic carbocycles. The van der Waals surface area contributed by atoms with E-state index in [9.17, 15) is 23.2 Å². The lowest BCUT2D eigenvalue weighted by atomic mass is 9.85. The molecule has 0 aromatic heterocycles. The maximum absolute atomic E-state index is 14.0. The molecule has 2 saturated heterocycles. The van der Waals surface area contributed by atoms with Gasteiger partial charge in [-0.2, -0.15) is 4.39 Å². The summed E-state index contributed by atoms with van der Waals surface area (Å²) in [5.74, 6) is -4.33. The number of carbonyl (C=O) groups excluding carboxylic acids is 3. The third-order valence-electron chi connectivity index (χ3n) is 4.37. The lowest BCUT2D eigenvalue weighted by molar-refractivity contribution is -0.128. The zero-order chi connectivity index (χ0) is 16.8. The minimum absolute atomic E-state index is 0.00900. The molecule has 1 aromatic carbocycles. The van der Waals surface area contributed by atoms with E-state index >= 15 is 0 Å². The molecule has 1 N–H and O–H groups in total. The molecular weight excluding hydrogens is 310 g/mol. The zero-order valence-corrected chi connectivity index (χ0v) is 12.3. The summed E-state index contributed by atoms with van der Waals surface area (Å²) in [6, 6.07) is 2.31. The van der Waals surface area contributed by atoms with Crippen LogP contribution in [0.15, 0.2) is 12.1 Å². The van der Waals surface area contributed by atoms with Crippen molar-refractivity contribution in [2.75, 3.05) is 20.2 Å². The molecular formula is C15H14F2N2O4. The van der Waals surface area contributed by atoms with Gasteiger partial charge in [-0.3, -0.25) is 19.7 Å². The van der Waals surface area contributed by atoms with E-state index in [2.05, 4.69) is 10.1 Å². The van der Waals surface area contributed by atoms with Crippen molar-refractivity contribution in [1.29, 1.82) is 0 Å². The molecule has 3 rings (SSSR count). The molecule has 2 aliphatic rings. The lowest BCUT2D eigenvalue weighted by Gasteiger charge is -2.20. The summed E-state index contributed by atoms with van der Waals surface area (Å²) in [5.41, 5.74) is -1.38. The molecule has 1 atom stereocenters. The highest BCUT2D eigenvalue weighted by Gasteiger charge is 2.52. The number of nitrogens with one attached hydrogen (secondary N) is 1. The Labute approximate surface area is 130 Å². The van der Waals surface area contributed by atoms with Crippen molar-refractivity contribution in [2.45, 2.75) is 12.8 Å². The van der Waals surface area contributed by atoms with Crippen LogP contribution in [0.25, 0.3) is 0 Å². The van der Waals surface area contributed by atoms with Gasteiger partial charge in [0.15, 0.2) is 11.6 Å². The van der Waals surface area contributed by atoms with Gasteiger partial charge in [0.2, 0.25) is 17.6 Å². The van der Waals surface area contributed by atoms with Crippen LogP contribution in [-0.4, -0.2) is 42.8 Å². The molecule has 8 heteroatoms. The summed E-state index contributed by atoms with van der Waals surface area (Å²) < 4.78 is 32.4. The van der Waals surface area contributed by atoms with E-state index in [1.165, 1.54) is 18.1 Å². The number of imide groups is 1. The quantitative estimate of drug-likeness (QED) is 0.819. The molecule has 0 saturated carbocycles. The average Bonchev–Trinajstić information content (AvgIpc) is 3.05. The Morgan fingerprint density at radius 3 is 2.65 bits per heavy atom. The second-order valence-electron chi connectivity index (χ2n) is 5.75. The van der Waals surface area contributed by atoms with E-state index in [1.54, 1.807) is 0 Å². The van der Waals surface area contributed by atoms with Gasteiger partial charge < -0.3 is 9.64 Å². The fraction of sp³-hybridized carbons (Fsp3) is 0.400. The standard InChI is InChI=1S/C15H14F2N2O4/c1-23-9-3-2-8(11(16)12(9)17)13(21)19-5-4-15(7-19)6-10(20)18-14(15)22/h2-3H,4-7H2,1H3,(H,18,20,22). The Morgan fingerprint density at radius 1 is 1.30 bits per heavy atom. The summed E-state index contributed by atoms with van der Waals surface area (Å²) in [6.45, 7) is 0.211. The molecule has 1 unspecified atom stereocenters. The number of ether oxygens (including phenoxy) is 1. The summed E-state index contributed by atoms with van der Waals surface area (Å²) in [7, 11) is 1.19. The Morgan fingerprint density at radius 2 is 2.04 bits per heavy atom. The molecule has 1 spiro atoms. The first-order chi connectivity index (χ1) is 10.9. The number of hydrogen-bond donors (Lipinski definition) is 1. The fourth-order valence-electron chi connectivity index (χ4n) is 3.09. The first-order valence-electron chi connectivity index (χ1n) is 7.03. The van der Waals surface area contributed by atoms with Crippen molar-refractivity contribution in [3.63, 3.8) is 0 Å². The van der Waals surface area contributed by atoms with E-state index in [1.807, 2.05) is 0 Å². The van der Waals surface area contributed by atoms with Gasteiger partial charge in [0.25, 0.3) is 5.91 Å². The van der Waals surface area contributed by atoms with Gasteiger partial charge in [-0.1, -0.05) is 0 Å². The molecule has 2 aliphatic heterocycles. The van der Waals surface area contributed by atoms with Crippen molar-refractivity contribution >= 4 is 17.7 Å². The maximum Gasteiger partial charge on any atom is 0.256 e. The third kappa shape index (κ3) is 2.34. The zero-order valence-electron chi connectivity index (χ0n) is 12.3. The molecule has 1 aromatic rings. The van der Waals surface area contributed by atoms with Crippen molar-refractivity contribution < 1.29 is 27.9 Å². The van der Waals surface area contributed by atoms with E-state index in [-0.39, 0.29) is 31.2 Å². The van der Waals surface area contributed by atoms with Gasteiger partial charge in [-0.15, -0.1) is 0 Å². The smallest absolute Gasteiger partial charge is 0.256 e. The average molecular weight is 324 g/mol. The van der Waals surface area contributed by atoms with Crippen LogP contribution in [0.5, 0.6) is 5.75 Å². The number of halogens is 2. The van der Waals surface area contributed by atoms with E-state index < -0.39 is 34.4 Å². The van der Waals surface area contributed by atoms with Gasteiger partial charge in [-0.25, -0.2) is 4.39 Å². The highest BCUT2D eigenvalue weighted by Crippen LogP contribution is 2.38. The number of carbonyl (C=O) groups is 3. The van der Waals surface area contributed by atoms with Crippen LogP contribution < -0.4 is 10.1 Å². The van der Waals surface area contributed by atoms with Crippen molar-refractivity contribution in [3.8, 4) is 5.75 Å². The highest BCUT2D eigenvalue weighted by molar-refractivity contribution is 6.06. The van der Waals surface area contributed by atoms with Crippen LogP contribution in [0.4, 0.5) is 8.78 Å². The maximum atomic E-state index is 14.0. The van der Waals surface area contributed by atoms with Crippen molar-refractivity contribution in [1.82, 2.24) is 10.2 Å². The molecule has 3 amide bonds. The number of nitrogens with zero attached hydrogens (tertiary/aromatic N) is 1. The van der Waals surface area contributed by atoms with Crippen LogP contribution in [0, 0.1) is 17.0 Å². The van der Waals surface area contributed by atoms with Gasteiger partial charge >= 0.3 is 0 Å². The molecule has 6 nitrogen and oxygen atoms in total. The number of methoxy groups -OCH3 is 1. The topological polar surface area (TPSA) is 75.7 Å². The summed E-state index contributed by atoms with van der Waals surface area (Å²) in [5, 5.41) is 2.22. The number of benzene rings is 1. The third-order valence-corrected chi connectivity index (χ3v) is 4.37. The minimum Gasteiger partial charge on any atom is -0.494 e. The number of amides is 3. The van der Waals surface area contributed by atoms with E-state index in [0.717, 1.165) is 6.07 Å². The van der Waals surface area contributed by atoms with Crippen LogP contribution in [0.3, 0.4) is 0 Å². The first-order valence-corrected chi connectivity index (χ1v) is 7.03. The second kappa shape index (κ2) is 5.29. The fourth-order valence-corrected chi connectivity index (χ4v) is 3.09. The molecule has 2 fully saturated rings. The number of hydrogen-bond acceptors (Lipinski definition) is 4. The summed E-state index contributed by atoms with van der Waals surface area (Å²) in [4.78, 5) is 36.9. The van der Waals surface area contributed by atoms with Crippen LogP contribution in [-0.2, 0) is 9.59 Å². The SMILES string of the molecule is COc1ccc(C(=O)N2CCC3(CC(=O)NC3=O)C2)c(F)c1F. The van der Waals surface area contributed by atoms with Crippen LogP contribution in [0.1, 0.15) is 23.2 Å². The van der Waals surface area contributed by atoms with Crippen molar-refractivity contribution in [2.24, 2.45) is 5.41 Å². The minimum atomic E-state index is -1.29. The summed E-state index contributed by atoms with van der Waals surface area (Å²) >= 11 is 0. The highest BCUT2D eigenvalue weighted by atomic mass is 19.2. The van der Waals surface area contributed by atoms with Crippen LogP contribution in [0.2, 0.25) is 0 Å². The second-order valence-corrected chi connectivity index (χ2v) is 5.75. The Kier molecular flexibility index (Phi) is 3.54. The monoisotopic (exact) mass is 324 g/mol. The Bertz CT molecular complexity index is 722. The molecule has 0 radical (unpaired) electrons. The van der Waals surface area contributed by atoms with E-state index in [4.69, 9.17) is 0 Å². The molecule has 122 valence electrons. The van der Waals surface area contributed by atoms with Crippen LogP contribution >= 0.6 is 0 Å². The normalized spacial score (nSPS) is 23.5. The Hall–Kier alpha value is -2.51. The lowest BCUT2D eigenvalue weighted by Crippen LogP contribution is -2.37. The van der Waals surface area contributed by atoms with Gasteiger partial charge in [0.1, 0.15) is 0 Å². The molecule has 23 heavy (non-hydrogen) atoms. The Balaban J connectivity index is 1.84. The summed E-state index contributed by atoms with van der Waals surface area (Å²) in [6.07, 6.45) is 0.325. The van der Waals surface area contributed by atoms with Gasteiger partial charge in [-0.05, 0) is 18.6 Å². The van der Waals surface area contributed by atoms with E-state index in [0.29, 0.717) is 6.42 Å². The number of likely N-dealkylation sites (tertiary alicyclic amines) is 1. The predicted octanol–water partition coefficient (Wildman–Crippen LogP) is 0.852. The first kappa shape index (κ1) is 15.4. The molecule has 0 bridgehead atoms. The van der Waals surface area contributed by atoms with Gasteiger partial charge in [0.05, 0.1) is 18.1 Å². The largest absolute Gasteiger partial charge is 0.494 e.